The molecule has 1 aromatic carbocycles. The van der Waals surface area contributed by atoms with Crippen molar-refractivity contribution in [2.24, 2.45) is 16.7 Å². The second-order valence-corrected chi connectivity index (χ2v) is 12.4. The maximum absolute atomic E-state index is 12.9. The predicted molar refractivity (Wildman–Crippen MR) is 126 cm³/mol. The first-order valence-electron chi connectivity index (χ1n) is 11.2. The summed E-state index contributed by atoms with van der Waals surface area (Å²) in [4.78, 5) is 37.1. The number of carbonyl (C=O) groups is 3. The lowest BCUT2D eigenvalue weighted by atomic mass is 9.58. The molecule has 13 nitrogen and oxygen atoms in total. The molecule has 37 heavy (non-hydrogen) atoms. The van der Waals surface area contributed by atoms with Gasteiger partial charge in [0, 0.05) is 0 Å². The lowest BCUT2D eigenvalue weighted by Gasteiger charge is -2.49. The fourth-order valence-corrected chi connectivity index (χ4v) is 5.45. The maximum Gasteiger partial charge on any atom is 0.414 e. The van der Waals surface area contributed by atoms with Gasteiger partial charge in [-0.15, -0.1) is 0 Å². The molecule has 0 saturated heterocycles. The number of ether oxygens (including phenoxy) is 1. The summed E-state index contributed by atoms with van der Waals surface area (Å²) in [6, 6.07) is 6.99. The van der Waals surface area contributed by atoms with Gasteiger partial charge in [0.05, 0.1) is 22.4 Å². The highest BCUT2D eigenvalue weighted by Crippen LogP contribution is 2.45. The number of carbonyl (C=O) groups excluding carboxylic acids is 1. The highest BCUT2D eigenvalue weighted by molar-refractivity contribution is 7.91. The highest BCUT2D eigenvalue weighted by Gasteiger charge is 2.61. The molecule has 1 aromatic heterocycles. The van der Waals surface area contributed by atoms with E-state index in [1.807, 2.05) is 0 Å². The van der Waals surface area contributed by atoms with Crippen LogP contribution in [0.1, 0.15) is 48.0 Å². The van der Waals surface area contributed by atoms with Crippen LogP contribution in [0.3, 0.4) is 0 Å². The number of aliphatic carboxylic acids is 2. The standard InChI is InChI=1S/C23H31N3O10S/c1-21(2,3)16(19(28)29)23(20(30)31,22(4,5)6)24-15(27)12-13-35-17-18(26(32)36-25-17)37(33,34)14-10-8-7-9-11-14/h7-11,16H,12-13H2,1-6H3,(H,24,27)(H,28,29)(H,30,31)/t16?,23-/m1/s1. The van der Waals surface area contributed by atoms with Crippen molar-refractivity contribution in [2.75, 3.05) is 6.61 Å². The molecule has 2 rings (SSSR count). The lowest BCUT2D eigenvalue weighted by molar-refractivity contribution is -0.832. The number of benzene rings is 1. The molecular weight excluding hydrogens is 510 g/mol. The molecule has 1 unspecified atom stereocenters. The first-order chi connectivity index (χ1) is 16.9. The van der Waals surface area contributed by atoms with Crippen LogP contribution in [0.4, 0.5) is 0 Å². The molecule has 2 atom stereocenters. The van der Waals surface area contributed by atoms with E-state index >= 15 is 0 Å². The van der Waals surface area contributed by atoms with Crippen LogP contribution >= 0.6 is 0 Å². The Morgan fingerprint density at radius 2 is 1.68 bits per heavy atom. The number of amides is 1. The van der Waals surface area contributed by atoms with E-state index in [2.05, 4.69) is 15.1 Å². The van der Waals surface area contributed by atoms with E-state index in [0.29, 0.717) is 0 Å². The van der Waals surface area contributed by atoms with Crippen LogP contribution in [0.5, 0.6) is 5.88 Å². The first-order valence-corrected chi connectivity index (χ1v) is 12.7. The zero-order valence-electron chi connectivity index (χ0n) is 21.3. The average Bonchev–Trinajstić information content (AvgIpc) is 3.12. The van der Waals surface area contributed by atoms with Crippen LogP contribution in [0.25, 0.3) is 0 Å². The number of carboxylic acid groups (broad SMARTS) is 2. The minimum absolute atomic E-state index is 0.219. The molecule has 3 N–H and O–H groups in total. The van der Waals surface area contributed by atoms with Gasteiger partial charge in [-0.1, -0.05) is 59.7 Å². The van der Waals surface area contributed by atoms with Gasteiger partial charge >= 0.3 is 22.8 Å². The van der Waals surface area contributed by atoms with Crippen molar-refractivity contribution in [1.29, 1.82) is 0 Å². The summed E-state index contributed by atoms with van der Waals surface area (Å²) >= 11 is 0. The van der Waals surface area contributed by atoms with Gasteiger partial charge in [0.15, 0.2) is 5.54 Å². The normalized spacial score (nSPS) is 14.9. The third-order valence-electron chi connectivity index (χ3n) is 5.83. The topological polar surface area (TPSA) is 200 Å². The summed E-state index contributed by atoms with van der Waals surface area (Å²) in [5, 5.41) is 36.9. The number of aromatic nitrogens is 2. The Labute approximate surface area is 213 Å². The van der Waals surface area contributed by atoms with Crippen LogP contribution in [-0.2, 0) is 24.2 Å². The minimum Gasteiger partial charge on any atom is -0.481 e. The Hall–Kier alpha value is -3.68. The van der Waals surface area contributed by atoms with Gasteiger partial charge in [-0.05, 0) is 27.9 Å². The summed E-state index contributed by atoms with van der Waals surface area (Å²) in [6.07, 6.45) is -0.516. The van der Waals surface area contributed by atoms with E-state index < -0.39 is 73.9 Å². The van der Waals surface area contributed by atoms with Gasteiger partial charge in [0.1, 0.15) is 6.61 Å². The molecule has 1 heterocycles. The monoisotopic (exact) mass is 541 g/mol. The molecule has 0 aliphatic rings. The van der Waals surface area contributed by atoms with Crippen molar-refractivity contribution in [3.63, 3.8) is 0 Å². The molecule has 14 heteroatoms. The average molecular weight is 542 g/mol. The predicted octanol–water partition coefficient (Wildman–Crippen LogP) is 1.64. The molecule has 0 fully saturated rings. The number of nitrogens with zero attached hydrogens (tertiary/aromatic N) is 2. The van der Waals surface area contributed by atoms with Gasteiger partial charge in [0.2, 0.25) is 5.91 Å². The Kier molecular flexibility index (Phi) is 8.27. The number of nitrogens with one attached hydrogen (secondary N) is 1. The molecular formula is C23H31N3O10S. The molecule has 2 aromatic rings. The number of carboxylic acids is 2. The van der Waals surface area contributed by atoms with Gasteiger partial charge in [0.25, 0.3) is 9.84 Å². The van der Waals surface area contributed by atoms with Crippen molar-refractivity contribution < 1.29 is 47.3 Å². The number of rotatable bonds is 10. The zero-order valence-corrected chi connectivity index (χ0v) is 22.2. The number of hydrogen-bond donors (Lipinski definition) is 3. The van der Waals surface area contributed by atoms with Crippen LogP contribution in [0.15, 0.2) is 44.9 Å². The molecule has 0 aliphatic carbocycles. The Morgan fingerprint density at radius 3 is 2.14 bits per heavy atom. The van der Waals surface area contributed by atoms with Crippen molar-refractivity contribution in [3.8, 4) is 5.88 Å². The van der Waals surface area contributed by atoms with E-state index in [1.54, 1.807) is 26.8 Å². The molecule has 0 radical (unpaired) electrons. The van der Waals surface area contributed by atoms with Gasteiger partial charge in [-0.2, -0.15) is 0 Å². The van der Waals surface area contributed by atoms with Crippen LogP contribution in [-0.4, -0.2) is 53.8 Å². The summed E-state index contributed by atoms with van der Waals surface area (Å²) in [7, 11) is -4.38. The fourth-order valence-electron chi connectivity index (χ4n) is 4.16. The lowest BCUT2D eigenvalue weighted by Crippen LogP contribution is -2.70. The van der Waals surface area contributed by atoms with Crippen molar-refractivity contribution >= 4 is 27.7 Å². The Bertz CT molecular complexity index is 1260. The second kappa shape index (κ2) is 10.4. The van der Waals surface area contributed by atoms with Crippen molar-refractivity contribution in [2.45, 2.75) is 63.4 Å². The maximum atomic E-state index is 12.9. The minimum atomic E-state index is -4.38. The quantitative estimate of drug-likeness (QED) is 0.369. The smallest absolute Gasteiger partial charge is 0.414 e. The van der Waals surface area contributed by atoms with Crippen molar-refractivity contribution in [3.05, 3.63) is 35.5 Å². The first kappa shape index (κ1) is 29.5. The summed E-state index contributed by atoms with van der Waals surface area (Å²) in [5.74, 6) is -6.03. The van der Waals surface area contributed by atoms with Gasteiger partial charge in [-0.25, -0.2) is 13.2 Å². The van der Waals surface area contributed by atoms with Gasteiger partial charge in [-0.3, -0.25) is 14.2 Å². The van der Waals surface area contributed by atoms with E-state index in [-0.39, 0.29) is 9.80 Å². The summed E-state index contributed by atoms with van der Waals surface area (Å²) in [5.41, 5.74) is -4.53. The third kappa shape index (κ3) is 5.84. The van der Waals surface area contributed by atoms with Crippen LogP contribution in [0, 0.1) is 22.0 Å². The fraction of sp³-hybridized carbons (Fsp3) is 0.522. The largest absolute Gasteiger partial charge is 0.481 e. The Balaban J connectivity index is 2.31. The molecule has 0 bridgehead atoms. The van der Waals surface area contributed by atoms with E-state index in [9.17, 15) is 38.2 Å². The zero-order chi connectivity index (χ0) is 28.4. The molecule has 0 aliphatic heterocycles. The number of hydrogen-bond acceptors (Lipinski definition) is 9. The molecule has 0 saturated carbocycles. The summed E-state index contributed by atoms with van der Waals surface area (Å²) in [6.45, 7) is 8.66. The van der Waals surface area contributed by atoms with E-state index in [0.717, 1.165) is 0 Å². The SMILES string of the molecule is CC(C)(C)C(C(=O)O)[C@@](NC(=O)CCOc1no[n+]([O-])c1S(=O)(=O)c1ccccc1)(C(=O)O)C(C)(C)C. The Morgan fingerprint density at radius 1 is 1.11 bits per heavy atom. The third-order valence-corrected chi connectivity index (χ3v) is 7.55. The second-order valence-electron chi connectivity index (χ2n) is 10.5. The molecule has 204 valence electrons. The van der Waals surface area contributed by atoms with Crippen LogP contribution in [0.2, 0.25) is 0 Å². The molecule has 1 amide bonds. The van der Waals surface area contributed by atoms with Gasteiger partial charge < -0.3 is 25.5 Å². The van der Waals surface area contributed by atoms with Crippen molar-refractivity contribution in [1.82, 2.24) is 10.5 Å². The molecule has 0 spiro atoms. The number of sulfone groups is 1. The highest BCUT2D eigenvalue weighted by atomic mass is 32.2. The van der Waals surface area contributed by atoms with E-state index in [4.69, 9.17) is 4.74 Å². The summed E-state index contributed by atoms with van der Waals surface area (Å²) < 4.78 is 35.3. The van der Waals surface area contributed by atoms with E-state index in [1.165, 1.54) is 45.0 Å². The van der Waals surface area contributed by atoms with Crippen LogP contribution < -0.4 is 15.0 Å².